The van der Waals surface area contributed by atoms with Gasteiger partial charge in [0.05, 0.1) is 0 Å². The molecular weight excluding hydrogens is 300 g/mol. The predicted octanol–water partition coefficient (Wildman–Crippen LogP) is -0.175. The van der Waals surface area contributed by atoms with Crippen LogP contribution in [-0.4, -0.2) is 0 Å². The van der Waals surface area contributed by atoms with Crippen LogP contribution in [0.4, 0.5) is 0 Å². The minimum atomic E-state index is -0.638. The quantitative estimate of drug-likeness (QED) is 0.499. The van der Waals surface area contributed by atoms with Crippen molar-refractivity contribution in [3.8, 4) is 0 Å². The van der Waals surface area contributed by atoms with Crippen LogP contribution < -0.4 is 17.0 Å². The van der Waals surface area contributed by atoms with Crippen molar-refractivity contribution >= 4 is 23.2 Å². The number of rotatable bonds is 1. The number of halogens is 3. The number of hydrogen-bond acceptors (Lipinski definition) is 0. The summed E-state index contributed by atoms with van der Waals surface area (Å²) >= 11 is 12.6. The van der Waals surface area contributed by atoms with Crippen LogP contribution in [0.5, 0.6) is 0 Å². The zero-order chi connectivity index (χ0) is 7.61. The van der Waals surface area contributed by atoms with Crippen LogP contribution in [0.3, 0.4) is 0 Å². The minimum absolute atomic E-state index is 0. The van der Waals surface area contributed by atoms with Crippen LogP contribution in [0.25, 0.3) is 0 Å². The van der Waals surface area contributed by atoms with Gasteiger partial charge in [-0.05, 0) is 0 Å². The van der Waals surface area contributed by atoms with Gasteiger partial charge < -0.3 is 17.0 Å². The van der Waals surface area contributed by atoms with Crippen LogP contribution in [0, 0.1) is 0 Å². The Bertz CT molecular complexity index is 207. The summed E-state index contributed by atoms with van der Waals surface area (Å²) in [5, 5.41) is 0. The topological polar surface area (TPSA) is 0 Å². The van der Waals surface area contributed by atoms with E-state index in [9.17, 15) is 0 Å². The van der Waals surface area contributed by atoms with Gasteiger partial charge in [0, 0.05) is 0 Å². The van der Waals surface area contributed by atoms with Gasteiger partial charge >= 0.3 is 80.3 Å². The second kappa shape index (κ2) is 4.81. The Hall–Kier alpha value is 0.903. The molecule has 0 aliphatic heterocycles. The molecule has 1 rings (SSSR count). The van der Waals surface area contributed by atoms with Gasteiger partial charge in [0.1, 0.15) is 0 Å². The van der Waals surface area contributed by atoms with Crippen molar-refractivity contribution in [1.29, 1.82) is 0 Å². The molecule has 0 unspecified atom stereocenters. The van der Waals surface area contributed by atoms with Crippen LogP contribution in [0.15, 0.2) is 30.3 Å². The van der Waals surface area contributed by atoms with E-state index in [1.165, 1.54) is 0 Å². The molecule has 56 valence electrons. The molecule has 0 saturated heterocycles. The standard InChI is InChI=1S/C7H5Cl2.BrH.Zn/c8-7(9)6-4-2-1-3-5-6;;/h1-5H;1H;/q;;+1/p-1. The van der Waals surface area contributed by atoms with Gasteiger partial charge in [-0.15, -0.1) is 0 Å². The molecule has 0 bridgehead atoms. The summed E-state index contributed by atoms with van der Waals surface area (Å²) in [4.78, 5) is 0. The molecule has 0 heterocycles. The van der Waals surface area contributed by atoms with Crippen LogP contribution in [-0.2, 0) is 21.2 Å². The van der Waals surface area contributed by atoms with Gasteiger partial charge in [0.25, 0.3) is 0 Å². The molecule has 0 amide bonds. The summed E-state index contributed by atoms with van der Waals surface area (Å²) < 4.78 is -0.638. The van der Waals surface area contributed by atoms with E-state index in [4.69, 9.17) is 23.2 Å². The van der Waals surface area contributed by atoms with E-state index in [2.05, 4.69) is 0 Å². The van der Waals surface area contributed by atoms with Gasteiger partial charge in [-0.25, -0.2) is 0 Å². The second-order valence-corrected chi connectivity index (χ2v) is 7.66. The van der Waals surface area contributed by atoms with E-state index in [0.29, 0.717) is 0 Å². The third kappa shape index (κ3) is 3.89. The molecule has 0 fully saturated rings. The molecule has 0 aliphatic rings. The predicted molar refractivity (Wildman–Crippen MR) is 39.8 cm³/mol. The maximum Gasteiger partial charge on any atom is -1.00 e. The fourth-order valence-corrected chi connectivity index (χ4v) is 1.43. The summed E-state index contributed by atoms with van der Waals surface area (Å²) in [6.45, 7) is 0. The first-order valence-electron chi connectivity index (χ1n) is 2.89. The first kappa shape index (κ1) is 11.9. The van der Waals surface area contributed by atoms with Crippen LogP contribution in [0.1, 0.15) is 5.56 Å². The molecule has 0 aliphatic carbocycles. The fourth-order valence-electron chi connectivity index (χ4n) is 0.682. The van der Waals surface area contributed by atoms with Crippen molar-refractivity contribution in [2.75, 3.05) is 0 Å². The molecule has 1 aromatic carbocycles. The zero-order valence-corrected chi connectivity index (χ0v) is 11.8. The summed E-state index contributed by atoms with van der Waals surface area (Å²) in [7, 11) is 0. The van der Waals surface area contributed by atoms with E-state index >= 15 is 0 Å². The SMILES string of the molecule is Cl[C](Cl)([Zn+])c1ccccc1.[Br-]. The van der Waals surface area contributed by atoms with Crippen molar-refractivity contribution in [1.82, 2.24) is 0 Å². The van der Waals surface area contributed by atoms with Gasteiger partial charge in [0.2, 0.25) is 0 Å². The smallest absolute Gasteiger partial charge is 1.00 e. The van der Waals surface area contributed by atoms with Crippen molar-refractivity contribution in [3.05, 3.63) is 35.9 Å². The van der Waals surface area contributed by atoms with Crippen LogP contribution in [0.2, 0.25) is 0 Å². The molecular formula is C7H5BrCl2Zn. The first-order chi connectivity index (χ1) is 4.61. The molecule has 0 spiro atoms. The minimum Gasteiger partial charge on any atom is -1.00 e. The van der Waals surface area contributed by atoms with Crippen LogP contribution >= 0.6 is 23.2 Å². The van der Waals surface area contributed by atoms with E-state index in [1.54, 1.807) is 0 Å². The third-order valence-electron chi connectivity index (χ3n) is 1.20. The molecule has 0 saturated carbocycles. The molecule has 0 aromatic heterocycles. The molecule has 0 nitrogen and oxygen atoms in total. The zero-order valence-electron chi connectivity index (χ0n) is 5.73. The Kier molecular flexibility index (Phi) is 5.21. The largest absolute Gasteiger partial charge is 1.00 e. The summed E-state index contributed by atoms with van der Waals surface area (Å²) in [6.07, 6.45) is 0. The Morgan fingerprint density at radius 1 is 1.09 bits per heavy atom. The number of benzene rings is 1. The number of hydrogen-bond donors (Lipinski definition) is 0. The summed E-state index contributed by atoms with van der Waals surface area (Å²) in [5.41, 5.74) is 0.985. The average molecular weight is 305 g/mol. The monoisotopic (exact) mass is 302 g/mol. The van der Waals surface area contributed by atoms with E-state index in [0.717, 1.165) is 23.9 Å². The maximum absolute atomic E-state index is 5.88. The van der Waals surface area contributed by atoms with E-state index in [-0.39, 0.29) is 17.0 Å². The first-order valence-corrected chi connectivity index (χ1v) is 5.13. The van der Waals surface area contributed by atoms with E-state index < -0.39 is 2.93 Å². The summed E-state index contributed by atoms with van der Waals surface area (Å²) in [5.74, 6) is 0. The third-order valence-corrected chi connectivity index (χ3v) is 2.49. The Morgan fingerprint density at radius 2 is 1.55 bits per heavy atom. The number of alkyl halides is 2. The molecule has 1 aromatic rings. The Morgan fingerprint density at radius 3 is 1.82 bits per heavy atom. The fraction of sp³-hybridized carbons (Fsp3) is 0.143. The van der Waals surface area contributed by atoms with E-state index in [1.807, 2.05) is 30.3 Å². The van der Waals surface area contributed by atoms with Gasteiger partial charge in [-0.3, -0.25) is 0 Å². The molecule has 0 atom stereocenters. The van der Waals surface area contributed by atoms with Crippen molar-refractivity contribution in [2.45, 2.75) is 2.93 Å². The normalized spacial score (nSPS) is 10.5. The maximum atomic E-state index is 5.88. The molecule has 11 heavy (non-hydrogen) atoms. The van der Waals surface area contributed by atoms with Gasteiger partial charge in [-0.1, -0.05) is 0 Å². The van der Waals surface area contributed by atoms with Crippen molar-refractivity contribution in [2.24, 2.45) is 0 Å². The average Bonchev–Trinajstić information content (AvgIpc) is 1.88. The van der Waals surface area contributed by atoms with Crippen molar-refractivity contribution < 1.29 is 35.3 Å². The molecule has 0 N–H and O–H groups in total. The molecule has 0 radical (unpaired) electrons. The summed E-state index contributed by atoms with van der Waals surface area (Å²) in [6, 6.07) is 9.69. The Labute approximate surface area is 96.7 Å². The van der Waals surface area contributed by atoms with Gasteiger partial charge in [-0.2, -0.15) is 0 Å². The Balaban J connectivity index is 0.000001000. The van der Waals surface area contributed by atoms with Crippen molar-refractivity contribution in [3.63, 3.8) is 0 Å². The molecule has 4 heteroatoms. The second-order valence-electron chi connectivity index (χ2n) is 2.07. The van der Waals surface area contributed by atoms with Gasteiger partial charge in [0.15, 0.2) is 0 Å².